The van der Waals surface area contributed by atoms with E-state index in [2.05, 4.69) is 5.32 Å². The molecule has 6 nitrogen and oxygen atoms in total. The van der Waals surface area contributed by atoms with Gasteiger partial charge in [0.25, 0.3) is 0 Å². The fourth-order valence-corrected chi connectivity index (χ4v) is 2.76. The van der Waals surface area contributed by atoms with E-state index in [9.17, 15) is 19.2 Å². The number of aromatic nitrogens is 1. The highest BCUT2D eigenvalue weighted by atomic mass is 16.2. The van der Waals surface area contributed by atoms with E-state index in [-0.39, 0.29) is 22.8 Å². The molecule has 0 aliphatic carbocycles. The third-order valence-corrected chi connectivity index (χ3v) is 4.20. The van der Waals surface area contributed by atoms with Gasteiger partial charge in [-0.1, -0.05) is 26.0 Å². The third kappa shape index (κ3) is 4.78. The maximum atomic E-state index is 12.6. The number of hydrogen-bond donors (Lipinski definition) is 1. The molecule has 1 heterocycles. The fraction of sp³-hybridized carbons (Fsp3) is 0.333. The number of rotatable bonds is 9. The third-order valence-electron chi connectivity index (χ3n) is 4.20. The van der Waals surface area contributed by atoms with E-state index in [4.69, 9.17) is 0 Å². The number of nitrogens with one attached hydrogen (secondary N) is 1. The molecule has 0 aliphatic heterocycles. The monoisotopic (exact) mass is 368 g/mol. The Morgan fingerprint density at radius 1 is 0.963 bits per heavy atom. The largest absolute Gasteiger partial charge is 0.345 e. The molecular weight excluding hydrogens is 344 g/mol. The molecule has 2 aromatic rings. The van der Waals surface area contributed by atoms with Gasteiger partial charge in [-0.3, -0.25) is 19.2 Å². The van der Waals surface area contributed by atoms with Gasteiger partial charge in [-0.25, -0.2) is 0 Å². The zero-order valence-electron chi connectivity index (χ0n) is 15.9. The highest BCUT2D eigenvalue weighted by molar-refractivity contribution is 6.49. The Kier molecular flexibility index (Phi) is 6.82. The molecule has 0 radical (unpaired) electrons. The first-order chi connectivity index (χ1) is 12.9. The lowest BCUT2D eigenvalue weighted by atomic mass is 10.0. The lowest BCUT2D eigenvalue weighted by Crippen LogP contribution is -2.15. The zero-order valence-corrected chi connectivity index (χ0v) is 15.9. The van der Waals surface area contributed by atoms with Gasteiger partial charge >= 0.3 is 0 Å². The summed E-state index contributed by atoms with van der Waals surface area (Å²) in [5.74, 6) is -1.57. The number of nitrogens with zero attached hydrogens (tertiary/aromatic N) is 1. The summed E-state index contributed by atoms with van der Waals surface area (Å²) in [6.07, 6.45) is 2.97. The van der Waals surface area contributed by atoms with Crippen LogP contribution in [0.1, 0.15) is 71.2 Å². The maximum Gasteiger partial charge on any atom is 0.235 e. The summed E-state index contributed by atoms with van der Waals surface area (Å²) in [6.45, 7) is 6.05. The Hall–Kier alpha value is -3.02. The Morgan fingerprint density at radius 3 is 2.30 bits per heavy atom. The number of aryl methyl sites for hydroxylation is 1. The fourth-order valence-electron chi connectivity index (χ4n) is 2.76. The molecule has 0 spiro atoms. The van der Waals surface area contributed by atoms with Crippen LogP contribution in [0.2, 0.25) is 0 Å². The van der Waals surface area contributed by atoms with Crippen molar-refractivity contribution >= 4 is 28.9 Å². The van der Waals surface area contributed by atoms with E-state index in [0.29, 0.717) is 30.8 Å². The van der Waals surface area contributed by atoms with Crippen molar-refractivity contribution in [2.24, 2.45) is 0 Å². The second-order valence-corrected chi connectivity index (χ2v) is 6.21. The molecule has 27 heavy (non-hydrogen) atoms. The highest BCUT2D eigenvalue weighted by Crippen LogP contribution is 2.17. The summed E-state index contributed by atoms with van der Waals surface area (Å²) >= 11 is 0. The smallest absolute Gasteiger partial charge is 0.235 e. The van der Waals surface area contributed by atoms with E-state index in [0.717, 1.165) is 6.42 Å². The van der Waals surface area contributed by atoms with Crippen LogP contribution in [0.4, 0.5) is 5.69 Å². The van der Waals surface area contributed by atoms with Gasteiger partial charge in [-0.05, 0) is 31.5 Å². The Balaban J connectivity index is 2.25. The molecule has 1 N–H and O–H groups in total. The van der Waals surface area contributed by atoms with Crippen LogP contribution in [0.3, 0.4) is 0 Å². The van der Waals surface area contributed by atoms with Gasteiger partial charge in [0.15, 0.2) is 5.78 Å². The van der Waals surface area contributed by atoms with Crippen molar-refractivity contribution in [3.05, 3.63) is 53.3 Å². The molecular formula is C21H24N2O4. The van der Waals surface area contributed by atoms with Crippen molar-refractivity contribution < 1.29 is 19.2 Å². The van der Waals surface area contributed by atoms with Crippen molar-refractivity contribution in [2.45, 2.75) is 46.6 Å². The molecule has 0 aliphatic rings. The number of ketones is 3. The average Bonchev–Trinajstić information content (AvgIpc) is 3.11. The summed E-state index contributed by atoms with van der Waals surface area (Å²) in [6, 6.07) is 7.78. The van der Waals surface area contributed by atoms with Crippen molar-refractivity contribution in [1.29, 1.82) is 0 Å². The summed E-state index contributed by atoms with van der Waals surface area (Å²) in [5.41, 5.74) is 1.29. The van der Waals surface area contributed by atoms with Gasteiger partial charge in [0, 0.05) is 42.4 Å². The number of carbonyl (C=O) groups is 4. The second-order valence-electron chi connectivity index (χ2n) is 6.21. The molecule has 142 valence electrons. The normalized spacial score (nSPS) is 10.5. The molecule has 2 rings (SSSR count). The minimum atomic E-state index is -0.676. The summed E-state index contributed by atoms with van der Waals surface area (Å²) in [4.78, 5) is 48.9. The van der Waals surface area contributed by atoms with Crippen molar-refractivity contribution in [1.82, 2.24) is 4.57 Å². The number of carbonyl (C=O) groups excluding carboxylic acids is 4. The van der Waals surface area contributed by atoms with Crippen LogP contribution in [0.25, 0.3) is 0 Å². The quantitative estimate of drug-likeness (QED) is 0.537. The van der Waals surface area contributed by atoms with Gasteiger partial charge < -0.3 is 9.88 Å². The molecule has 1 amide bonds. The molecule has 0 unspecified atom stereocenters. The van der Waals surface area contributed by atoms with E-state index in [1.54, 1.807) is 23.6 Å². The van der Waals surface area contributed by atoms with Crippen molar-refractivity contribution in [3.8, 4) is 0 Å². The van der Waals surface area contributed by atoms with E-state index in [1.165, 1.54) is 24.4 Å². The SMILES string of the molecule is CCCC(=O)Nc1cccc(C(=O)C(=O)c2cc(C(=O)CC)n(CC)c2)c1. The van der Waals surface area contributed by atoms with Crippen LogP contribution in [0.15, 0.2) is 36.5 Å². The summed E-state index contributed by atoms with van der Waals surface area (Å²) in [5, 5.41) is 2.71. The first-order valence-corrected chi connectivity index (χ1v) is 9.13. The lowest BCUT2D eigenvalue weighted by Gasteiger charge is -2.06. The van der Waals surface area contributed by atoms with Crippen LogP contribution in [-0.2, 0) is 11.3 Å². The summed E-state index contributed by atoms with van der Waals surface area (Å²) in [7, 11) is 0. The Morgan fingerprint density at radius 2 is 1.67 bits per heavy atom. The molecule has 0 atom stereocenters. The number of amides is 1. The first kappa shape index (κ1) is 20.3. The van der Waals surface area contributed by atoms with Crippen LogP contribution in [-0.4, -0.2) is 27.8 Å². The van der Waals surface area contributed by atoms with Crippen molar-refractivity contribution in [2.75, 3.05) is 5.32 Å². The summed E-state index contributed by atoms with van der Waals surface area (Å²) < 4.78 is 1.67. The lowest BCUT2D eigenvalue weighted by molar-refractivity contribution is -0.116. The van der Waals surface area contributed by atoms with Crippen LogP contribution < -0.4 is 5.32 Å². The Labute approximate surface area is 158 Å². The topological polar surface area (TPSA) is 85.2 Å². The standard InChI is InChI=1S/C21H24N2O4/c1-4-8-19(25)22-16-10-7-9-14(11-16)20(26)21(27)15-12-17(18(24)5-2)23(6-3)13-15/h7,9-13H,4-6,8H2,1-3H3,(H,22,25). The Bertz CT molecular complexity index is 880. The van der Waals surface area contributed by atoms with Crippen LogP contribution in [0, 0.1) is 0 Å². The maximum absolute atomic E-state index is 12.6. The van der Waals surface area contributed by atoms with Crippen LogP contribution >= 0.6 is 0 Å². The minimum Gasteiger partial charge on any atom is -0.345 e. The number of hydrogen-bond acceptors (Lipinski definition) is 4. The molecule has 0 saturated carbocycles. The van der Waals surface area contributed by atoms with Gasteiger partial charge in [0.05, 0.1) is 5.69 Å². The molecule has 0 fully saturated rings. The predicted molar refractivity (Wildman–Crippen MR) is 103 cm³/mol. The first-order valence-electron chi connectivity index (χ1n) is 9.13. The van der Waals surface area contributed by atoms with E-state index >= 15 is 0 Å². The predicted octanol–water partition coefficient (Wildman–Crippen LogP) is 3.90. The van der Waals surface area contributed by atoms with Crippen molar-refractivity contribution in [3.63, 3.8) is 0 Å². The molecule has 0 bridgehead atoms. The second kappa shape index (κ2) is 9.07. The molecule has 1 aromatic carbocycles. The van der Waals surface area contributed by atoms with Gasteiger partial charge in [-0.2, -0.15) is 0 Å². The molecule has 0 saturated heterocycles. The zero-order chi connectivity index (χ0) is 20.0. The molecule has 1 aromatic heterocycles. The highest BCUT2D eigenvalue weighted by Gasteiger charge is 2.22. The minimum absolute atomic E-state index is 0.0796. The number of benzene rings is 1. The van der Waals surface area contributed by atoms with Gasteiger partial charge in [0.2, 0.25) is 17.5 Å². The number of anilines is 1. The van der Waals surface area contributed by atoms with Gasteiger partial charge in [-0.15, -0.1) is 0 Å². The van der Waals surface area contributed by atoms with E-state index in [1.807, 2.05) is 13.8 Å². The van der Waals surface area contributed by atoms with E-state index < -0.39 is 11.6 Å². The van der Waals surface area contributed by atoms with Crippen LogP contribution in [0.5, 0.6) is 0 Å². The average molecular weight is 368 g/mol. The number of Topliss-reactive ketones (excluding diaryl/α,β-unsaturated/α-hetero) is 3. The molecule has 6 heteroatoms. The van der Waals surface area contributed by atoms with Gasteiger partial charge in [0.1, 0.15) is 0 Å².